The standard InChI is InChI=1S/C23H30Cl2N6O/c1-31(2)21-16-6-3-4-9-19(16)28-22(30-21)26-14-10-12-15(13-11-14)27-23(32)29-20-17(24)7-5-8-18(20)25/h5,7-8,14-15H,3-4,6,9-13H2,1-2H3,(H,26,28,30)(H2,27,29,32)/t14-,15+. The third kappa shape index (κ3) is 5.38. The molecule has 4 rings (SSSR count). The summed E-state index contributed by atoms with van der Waals surface area (Å²) >= 11 is 12.3. The molecule has 2 aliphatic rings. The molecule has 3 N–H and O–H groups in total. The molecule has 2 aliphatic carbocycles. The van der Waals surface area contributed by atoms with E-state index < -0.39 is 0 Å². The van der Waals surface area contributed by atoms with Crippen LogP contribution in [0.1, 0.15) is 49.8 Å². The van der Waals surface area contributed by atoms with Crippen LogP contribution in [0.5, 0.6) is 0 Å². The normalized spacial score (nSPS) is 20.2. The van der Waals surface area contributed by atoms with Gasteiger partial charge in [0.25, 0.3) is 0 Å². The molecule has 0 bridgehead atoms. The number of amides is 2. The van der Waals surface area contributed by atoms with Crippen molar-refractivity contribution in [1.82, 2.24) is 15.3 Å². The van der Waals surface area contributed by atoms with E-state index in [1.165, 1.54) is 24.1 Å². The highest BCUT2D eigenvalue weighted by atomic mass is 35.5. The molecule has 0 saturated heterocycles. The Labute approximate surface area is 199 Å². The van der Waals surface area contributed by atoms with Crippen molar-refractivity contribution in [1.29, 1.82) is 0 Å². The van der Waals surface area contributed by atoms with Gasteiger partial charge in [-0.1, -0.05) is 29.3 Å². The van der Waals surface area contributed by atoms with Crippen LogP contribution < -0.4 is 20.9 Å². The first-order chi connectivity index (χ1) is 15.4. The van der Waals surface area contributed by atoms with Crippen molar-refractivity contribution >= 4 is 46.7 Å². The van der Waals surface area contributed by atoms with E-state index >= 15 is 0 Å². The van der Waals surface area contributed by atoms with Crippen molar-refractivity contribution in [2.45, 2.75) is 63.5 Å². The zero-order valence-electron chi connectivity index (χ0n) is 18.5. The number of anilines is 3. The Morgan fingerprint density at radius 1 is 1.00 bits per heavy atom. The van der Waals surface area contributed by atoms with E-state index in [2.05, 4.69) is 20.9 Å². The minimum Gasteiger partial charge on any atom is -0.362 e. The minimum absolute atomic E-state index is 0.108. The monoisotopic (exact) mass is 476 g/mol. The second-order valence-corrected chi connectivity index (χ2v) is 9.60. The molecule has 1 heterocycles. The number of aromatic nitrogens is 2. The van der Waals surface area contributed by atoms with E-state index in [1.807, 2.05) is 14.1 Å². The molecule has 0 spiro atoms. The summed E-state index contributed by atoms with van der Waals surface area (Å²) in [5.41, 5.74) is 2.91. The van der Waals surface area contributed by atoms with Crippen molar-refractivity contribution in [3.05, 3.63) is 39.5 Å². The number of nitrogens with zero attached hydrogens (tertiary/aromatic N) is 3. The maximum Gasteiger partial charge on any atom is 0.319 e. The summed E-state index contributed by atoms with van der Waals surface area (Å²) in [5.74, 6) is 1.75. The van der Waals surface area contributed by atoms with Crippen LogP contribution in [-0.4, -0.2) is 42.2 Å². The van der Waals surface area contributed by atoms with E-state index in [4.69, 9.17) is 33.2 Å². The molecule has 1 aromatic heterocycles. The smallest absolute Gasteiger partial charge is 0.319 e. The third-order valence-corrected chi connectivity index (χ3v) is 6.81. The fourth-order valence-electron chi connectivity index (χ4n) is 4.53. The summed E-state index contributed by atoms with van der Waals surface area (Å²) in [6, 6.07) is 5.26. The lowest BCUT2D eigenvalue weighted by atomic mass is 9.91. The van der Waals surface area contributed by atoms with Gasteiger partial charge in [0, 0.05) is 31.7 Å². The Hall–Kier alpha value is -2.25. The number of carbonyl (C=O) groups excluding carboxylic acids is 1. The molecule has 0 aliphatic heterocycles. The maximum absolute atomic E-state index is 12.4. The summed E-state index contributed by atoms with van der Waals surface area (Å²) in [4.78, 5) is 24.1. The molecule has 7 nitrogen and oxygen atoms in total. The molecule has 9 heteroatoms. The van der Waals surface area contributed by atoms with Gasteiger partial charge in [0.1, 0.15) is 5.82 Å². The van der Waals surface area contributed by atoms with E-state index in [1.54, 1.807) is 18.2 Å². The Morgan fingerprint density at radius 2 is 1.66 bits per heavy atom. The molecule has 0 atom stereocenters. The molecule has 0 radical (unpaired) electrons. The van der Waals surface area contributed by atoms with E-state index in [9.17, 15) is 4.79 Å². The molecular weight excluding hydrogens is 447 g/mol. The van der Waals surface area contributed by atoms with Crippen molar-refractivity contribution in [3.63, 3.8) is 0 Å². The largest absolute Gasteiger partial charge is 0.362 e. The van der Waals surface area contributed by atoms with Gasteiger partial charge in [-0.25, -0.2) is 9.78 Å². The number of hydrogen-bond acceptors (Lipinski definition) is 5. The fourth-order valence-corrected chi connectivity index (χ4v) is 5.02. The molecule has 172 valence electrons. The lowest BCUT2D eigenvalue weighted by Crippen LogP contribution is -2.42. The highest BCUT2D eigenvalue weighted by molar-refractivity contribution is 6.39. The molecule has 1 aromatic carbocycles. The summed E-state index contributed by atoms with van der Waals surface area (Å²) in [6.07, 6.45) is 8.12. The number of para-hydroxylation sites is 1. The van der Waals surface area contributed by atoms with Crippen molar-refractivity contribution in [2.75, 3.05) is 29.6 Å². The van der Waals surface area contributed by atoms with Gasteiger partial charge >= 0.3 is 6.03 Å². The second-order valence-electron chi connectivity index (χ2n) is 8.79. The lowest BCUT2D eigenvalue weighted by Gasteiger charge is -2.30. The van der Waals surface area contributed by atoms with Gasteiger partial charge in [-0.15, -0.1) is 0 Å². The molecule has 1 fully saturated rings. The van der Waals surface area contributed by atoms with Gasteiger partial charge in [0.05, 0.1) is 21.4 Å². The van der Waals surface area contributed by atoms with Gasteiger partial charge in [0.2, 0.25) is 5.95 Å². The summed E-state index contributed by atoms with van der Waals surface area (Å²) < 4.78 is 0. The number of carbonyl (C=O) groups is 1. The van der Waals surface area contributed by atoms with Gasteiger partial charge in [0.15, 0.2) is 0 Å². The van der Waals surface area contributed by atoms with Gasteiger partial charge < -0.3 is 20.9 Å². The maximum atomic E-state index is 12.4. The molecule has 1 saturated carbocycles. The number of nitrogens with one attached hydrogen (secondary N) is 3. The van der Waals surface area contributed by atoms with E-state index in [0.717, 1.165) is 50.3 Å². The first-order valence-electron chi connectivity index (χ1n) is 11.3. The summed E-state index contributed by atoms with van der Waals surface area (Å²) in [6.45, 7) is 0. The predicted octanol–water partition coefficient (Wildman–Crippen LogP) is 5.27. The lowest BCUT2D eigenvalue weighted by molar-refractivity contribution is 0.243. The van der Waals surface area contributed by atoms with E-state index in [0.29, 0.717) is 21.8 Å². The van der Waals surface area contributed by atoms with Crippen LogP contribution >= 0.6 is 23.2 Å². The van der Waals surface area contributed by atoms with Gasteiger partial charge in [-0.2, -0.15) is 4.98 Å². The number of rotatable bonds is 5. The van der Waals surface area contributed by atoms with Gasteiger partial charge in [-0.05, 0) is 63.5 Å². The van der Waals surface area contributed by atoms with Crippen LogP contribution in [0.25, 0.3) is 0 Å². The fraction of sp³-hybridized carbons (Fsp3) is 0.522. The SMILES string of the molecule is CN(C)c1nc(N[C@H]2CC[C@@H](NC(=O)Nc3c(Cl)cccc3Cl)CC2)nc2c1CCCC2. The number of halogens is 2. The molecule has 0 unspecified atom stereocenters. The van der Waals surface area contributed by atoms with Crippen LogP contribution in [0.2, 0.25) is 10.0 Å². The van der Waals surface area contributed by atoms with Crippen molar-refractivity contribution in [3.8, 4) is 0 Å². The number of hydrogen-bond donors (Lipinski definition) is 3. The number of aryl methyl sites for hydroxylation is 1. The van der Waals surface area contributed by atoms with Crippen LogP contribution in [0.4, 0.5) is 22.2 Å². The van der Waals surface area contributed by atoms with Crippen molar-refractivity contribution in [2.24, 2.45) is 0 Å². The minimum atomic E-state index is -0.287. The molecule has 2 amide bonds. The Morgan fingerprint density at radius 3 is 2.34 bits per heavy atom. The topological polar surface area (TPSA) is 82.2 Å². The Bertz CT molecular complexity index is 955. The predicted molar refractivity (Wildman–Crippen MR) is 131 cm³/mol. The van der Waals surface area contributed by atoms with Crippen molar-refractivity contribution < 1.29 is 4.79 Å². The average molecular weight is 477 g/mol. The number of urea groups is 1. The third-order valence-electron chi connectivity index (χ3n) is 6.18. The van der Waals surface area contributed by atoms with Crippen LogP contribution in [0.3, 0.4) is 0 Å². The first-order valence-corrected chi connectivity index (χ1v) is 12.0. The van der Waals surface area contributed by atoms with Crippen LogP contribution in [0, 0.1) is 0 Å². The first kappa shape index (κ1) is 22.9. The second kappa shape index (κ2) is 10.1. The summed E-state index contributed by atoms with van der Waals surface area (Å²) in [5, 5.41) is 10.2. The molecular formula is C23H30Cl2N6O. The summed E-state index contributed by atoms with van der Waals surface area (Å²) in [7, 11) is 4.08. The van der Waals surface area contributed by atoms with E-state index in [-0.39, 0.29) is 12.1 Å². The van der Waals surface area contributed by atoms with Crippen LogP contribution in [0.15, 0.2) is 18.2 Å². The van der Waals surface area contributed by atoms with Gasteiger partial charge in [-0.3, -0.25) is 0 Å². The highest BCUT2D eigenvalue weighted by Crippen LogP contribution is 2.31. The number of benzene rings is 1. The zero-order valence-corrected chi connectivity index (χ0v) is 20.1. The number of fused-ring (bicyclic) bond motifs is 1. The quantitative estimate of drug-likeness (QED) is 0.547. The van der Waals surface area contributed by atoms with Crippen LogP contribution in [-0.2, 0) is 12.8 Å². The zero-order chi connectivity index (χ0) is 22.7. The molecule has 2 aromatic rings. The average Bonchev–Trinajstić information content (AvgIpc) is 2.77. The highest BCUT2D eigenvalue weighted by Gasteiger charge is 2.25. The Kier molecular flexibility index (Phi) is 7.26. The Balaban J connectivity index is 1.31. The molecule has 32 heavy (non-hydrogen) atoms.